The quantitative estimate of drug-likeness (QED) is 0.616. The lowest BCUT2D eigenvalue weighted by Crippen LogP contribution is -2.28. The van der Waals surface area contributed by atoms with Crippen LogP contribution in [0, 0.1) is 11.8 Å². The number of carboxylic acids is 1. The Hall–Kier alpha value is -2.43. The maximum atomic E-state index is 11.1. The van der Waals surface area contributed by atoms with E-state index in [1.54, 1.807) is 12.1 Å². The Kier molecular flexibility index (Phi) is 6.35. The van der Waals surface area contributed by atoms with Gasteiger partial charge < -0.3 is 14.9 Å². The second-order valence-corrected chi connectivity index (χ2v) is 8.54. The molecule has 4 nitrogen and oxygen atoms in total. The summed E-state index contributed by atoms with van der Waals surface area (Å²) in [6.07, 6.45) is 7.98. The summed E-state index contributed by atoms with van der Waals surface area (Å²) in [7, 11) is 0. The van der Waals surface area contributed by atoms with E-state index in [0.717, 1.165) is 36.8 Å². The number of benzene rings is 2. The van der Waals surface area contributed by atoms with Crippen molar-refractivity contribution in [1.29, 1.82) is 0 Å². The van der Waals surface area contributed by atoms with Crippen LogP contribution in [0.25, 0.3) is 0 Å². The van der Waals surface area contributed by atoms with Gasteiger partial charge in [-0.25, -0.2) is 4.79 Å². The minimum Gasteiger partial charge on any atom is -0.478 e. The first kappa shape index (κ1) is 20.8. The van der Waals surface area contributed by atoms with Crippen LogP contribution in [0.4, 0.5) is 0 Å². The molecule has 2 bridgehead atoms. The van der Waals surface area contributed by atoms with E-state index in [0.29, 0.717) is 11.5 Å². The highest BCUT2D eigenvalue weighted by atomic mass is 16.5. The fourth-order valence-corrected chi connectivity index (χ4v) is 5.15. The van der Waals surface area contributed by atoms with Crippen LogP contribution in [-0.4, -0.2) is 34.5 Å². The molecule has 0 amide bonds. The van der Waals surface area contributed by atoms with Gasteiger partial charge in [-0.05, 0) is 54.9 Å². The Morgan fingerprint density at radius 3 is 2.47 bits per heavy atom. The molecule has 2 aliphatic heterocycles. The van der Waals surface area contributed by atoms with E-state index in [1.165, 1.54) is 0 Å². The van der Waals surface area contributed by atoms with Crippen LogP contribution in [0.5, 0.6) is 0 Å². The maximum Gasteiger partial charge on any atom is 0.335 e. The highest BCUT2D eigenvalue weighted by molar-refractivity contribution is 5.87. The number of fused-ring (bicyclic) bond motifs is 2. The molecule has 0 radical (unpaired) electrons. The SMILES string of the molecule is CCC(c1ccccc1)C(O)C=C[C@H]1[C@@H](Cc2ccc(C(=O)O)cc2)[C@H]2CC[C@@H]1O2. The third-order valence-corrected chi connectivity index (χ3v) is 6.77. The second-order valence-electron chi connectivity index (χ2n) is 8.54. The zero-order valence-electron chi connectivity index (χ0n) is 17.4. The van der Waals surface area contributed by atoms with Crippen molar-refractivity contribution in [1.82, 2.24) is 0 Å². The molecule has 2 aliphatic rings. The van der Waals surface area contributed by atoms with Crippen molar-refractivity contribution in [3.05, 3.63) is 83.4 Å². The first-order chi connectivity index (χ1) is 14.6. The number of carbonyl (C=O) groups is 1. The lowest BCUT2D eigenvalue weighted by molar-refractivity contribution is 0.0696. The van der Waals surface area contributed by atoms with Gasteiger partial charge in [-0.15, -0.1) is 0 Å². The molecule has 2 unspecified atom stereocenters. The monoisotopic (exact) mass is 406 g/mol. The molecule has 4 rings (SSSR count). The number of aliphatic hydroxyl groups excluding tert-OH is 1. The van der Waals surface area contributed by atoms with Gasteiger partial charge in [0.1, 0.15) is 0 Å². The third kappa shape index (κ3) is 4.35. The molecule has 2 saturated heterocycles. The molecule has 30 heavy (non-hydrogen) atoms. The molecule has 2 N–H and O–H groups in total. The Morgan fingerprint density at radius 2 is 1.80 bits per heavy atom. The van der Waals surface area contributed by atoms with Crippen LogP contribution < -0.4 is 0 Å². The van der Waals surface area contributed by atoms with Gasteiger partial charge in [-0.1, -0.05) is 61.5 Å². The summed E-state index contributed by atoms with van der Waals surface area (Å²) < 4.78 is 6.21. The van der Waals surface area contributed by atoms with E-state index in [-0.39, 0.29) is 24.0 Å². The number of rotatable bonds is 8. The number of hydrogen-bond donors (Lipinski definition) is 2. The Balaban J connectivity index is 1.47. The normalized spacial score (nSPS) is 27.4. The van der Waals surface area contributed by atoms with E-state index < -0.39 is 12.1 Å². The number of aromatic carboxylic acids is 1. The lowest BCUT2D eigenvalue weighted by Gasteiger charge is -2.27. The molecular weight excluding hydrogens is 376 g/mol. The van der Waals surface area contributed by atoms with Crippen molar-refractivity contribution >= 4 is 5.97 Å². The number of carboxylic acid groups (broad SMARTS) is 1. The van der Waals surface area contributed by atoms with E-state index in [2.05, 4.69) is 25.1 Å². The van der Waals surface area contributed by atoms with Crippen LogP contribution >= 0.6 is 0 Å². The molecule has 2 aromatic rings. The predicted octanol–water partition coefficient (Wildman–Crippen LogP) is 4.83. The average molecular weight is 407 g/mol. The summed E-state index contributed by atoms with van der Waals surface area (Å²) >= 11 is 0. The van der Waals surface area contributed by atoms with Gasteiger partial charge in [-0.2, -0.15) is 0 Å². The van der Waals surface area contributed by atoms with E-state index in [4.69, 9.17) is 9.84 Å². The predicted molar refractivity (Wildman–Crippen MR) is 117 cm³/mol. The number of hydrogen-bond acceptors (Lipinski definition) is 3. The minimum absolute atomic E-state index is 0.0870. The zero-order valence-corrected chi connectivity index (χ0v) is 17.4. The smallest absolute Gasteiger partial charge is 0.335 e. The summed E-state index contributed by atoms with van der Waals surface area (Å²) in [5, 5.41) is 20.0. The molecule has 0 aromatic heterocycles. The van der Waals surface area contributed by atoms with Crippen LogP contribution in [0.15, 0.2) is 66.7 Å². The molecule has 2 aromatic carbocycles. The van der Waals surface area contributed by atoms with Crippen LogP contribution in [-0.2, 0) is 11.2 Å². The van der Waals surface area contributed by atoms with Gasteiger partial charge in [-0.3, -0.25) is 0 Å². The second kappa shape index (κ2) is 9.15. The molecule has 0 spiro atoms. The van der Waals surface area contributed by atoms with E-state index >= 15 is 0 Å². The topological polar surface area (TPSA) is 66.8 Å². The van der Waals surface area contributed by atoms with E-state index in [1.807, 2.05) is 36.4 Å². The fourth-order valence-electron chi connectivity index (χ4n) is 5.15. The summed E-state index contributed by atoms with van der Waals surface area (Å²) in [4.78, 5) is 11.1. The molecule has 0 saturated carbocycles. The zero-order chi connectivity index (χ0) is 21.1. The van der Waals surface area contributed by atoms with Crippen molar-refractivity contribution in [3.63, 3.8) is 0 Å². The number of ether oxygens (including phenoxy) is 1. The summed E-state index contributed by atoms with van der Waals surface area (Å²) in [6.45, 7) is 2.11. The van der Waals surface area contributed by atoms with Gasteiger partial charge in [0.15, 0.2) is 0 Å². The number of aliphatic hydroxyl groups is 1. The highest BCUT2D eigenvalue weighted by Gasteiger charge is 2.47. The fraction of sp³-hybridized carbons (Fsp3) is 0.423. The van der Waals surface area contributed by atoms with E-state index in [9.17, 15) is 9.90 Å². The van der Waals surface area contributed by atoms with Crippen molar-refractivity contribution < 1.29 is 19.7 Å². The molecular formula is C26H30O4. The van der Waals surface area contributed by atoms with Crippen LogP contribution in [0.2, 0.25) is 0 Å². The summed E-state index contributed by atoms with van der Waals surface area (Å²) in [5.74, 6) is -0.169. The van der Waals surface area contributed by atoms with Crippen LogP contribution in [0.1, 0.15) is 53.6 Å². The van der Waals surface area contributed by atoms with Crippen LogP contribution in [0.3, 0.4) is 0 Å². The molecule has 158 valence electrons. The average Bonchev–Trinajstić information content (AvgIpc) is 3.36. The summed E-state index contributed by atoms with van der Waals surface area (Å²) in [6, 6.07) is 17.4. The first-order valence-corrected chi connectivity index (χ1v) is 11.0. The third-order valence-electron chi connectivity index (χ3n) is 6.77. The molecule has 2 fully saturated rings. The standard InChI is InChI=1S/C26H30O4/c1-2-20(18-6-4-3-5-7-18)23(27)13-12-21-22(25-15-14-24(21)30-25)16-17-8-10-19(11-9-17)26(28)29/h3-13,20-25,27H,2,14-16H2,1H3,(H,28,29)/t20?,21-,22+,23?,24-,25+/m0/s1. The first-order valence-electron chi connectivity index (χ1n) is 11.0. The van der Waals surface area contributed by atoms with Gasteiger partial charge in [0.25, 0.3) is 0 Å². The molecule has 4 heteroatoms. The largest absolute Gasteiger partial charge is 0.478 e. The lowest BCUT2D eigenvalue weighted by atomic mass is 9.75. The Morgan fingerprint density at radius 1 is 1.10 bits per heavy atom. The van der Waals surface area contributed by atoms with Crippen molar-refractivity contribution in [2.24, 2.45) is 11.8 Å². The summed E-state index contributed by atoms with van der Waals surface area (Å²) in [5.41, 5.74) is 2.61. The Bertz CT molecular complexity index is 874. The van der Waals surface area contributed by atoms with Gasteiger partial charge in [0.05, 0.1) is 23.9 Å². The van der Waals surface area contributed by atoms with Gasteiger partial charge >= 0.3 is 5.97 Å². The van der Waals surface area contributed by atoms with Crippen molar-refractivity contribution in [2.75, 3.05) is 0 Å². The minimum atomic E-state index is -0.900. The van der Waals surface area contributed by atoms with Crippen molar-refractivity contribution in [3.8, 4) is 0 Å². The Labute approximate surface area is 178 Å². The van der Waals surface area contributed by atoms with Gasteiger partial charge in [0.2, 0.25) is 0 Å². The van der Waals surface area contributed by atoms with Gasteiger partial charge in [0, 0.05) is 11.8 Å². The molecule has 6 atom stereocenters. The highest BCUT2D eigenvalue weighted by Crippen LogP contribution is 2.45. The maximum absolute atomic E-state index is 11.1. The van der Waals surface area contributed by atoms with Crippen molar-refractivity contribution in [2.45, 2.75) is 56.8 Å². The molecule has 2 heterocycles. The molecule has 0 aliphatic carbocycles.